The SMILES string of the molecule is CCOCC1CN(Cc2ccccc2OC)Cc2nn(CC)cc21.O=C(O)C(F)(F)F. The molecule has 2 heterocycles. The van der Waals surface area contributed by atoms with E-state index < -0.39 is 12.1 Å². The fourth-order valence-electron chi connectivity index (χ4n) is 3.39. The molecule has 0 bridgehead atoms. The van der Waals surface area contributed by atoms with E-state index in [9.17, 15) is 13.2 Å². The van der Waals surface area contributed by atoms with E-state index in [1.165, 1.54) is 16.8 Å². The van der Waals surface area contributed by atoms with E-state index in [0.29, 0.717) is 5.92 Å². The van der Waals surface area contributed by atoms with Gasteiger partial charge >= 0.3 is 12.1 Å². The van der Waals surface area contributed by atoms with E-state index in [2.05, 4.69) is 30.2 Å². The van der Waals surface area contributed by atoms with Crippen molar-refractivity contribution in [2.24, 2.45) is 0 Å². The summed E-state index contributed by atoms with van der Waals surface area (Å²) in [5, 5.41) is 11.9. The Labute approximate surface area is 179 Å². The second-order valence-corrected chi connectivity index (χ2v) is 7.03. The Kier molecular flexibility index (Phi) is 8.88. The van der Waals surface area contributed by atoms with E-state index in [1.807, 2.05) is 23.7 Å². The number of rotatable bonds is 7. The number of hydrogen-bond acceptors (Lipinski definition) is 5. The Bertz CT molecular complexity index is 855. The van der Waals surface area contributed by atoms with E-state index in [4.69, 9.17) is 24.5 Å². The van der Waals surface area contributed by atoms with Crippen molar-refractivity contribution in [2.45, 2.75) is 45.6 Å². The van der Waals surface area contributed by atoms with Gasteiger partial charge in [0.25, 0.3) is 0 Å². The molecule has 1 aromatic heterocycles. The van der Waals surface area contributed by atoms with Crippen LogP contribution in [0.25, 0.3) is 0 Å². The first-order chi connectivity index (χ1) is 14.7. The summed E-state index contributed by atoms with van der Waals surface area (Å²) in [5.41, 5.74) is 3.75. The lowest BCUT2D eigenvalue weighted by molar-refractivity contribution is -0.192. The van der Waals surface area contributed by atoms with Gasteiger partial charge in [0.2, 0.25) is 0 Å². The summed E-state index contributed by atoms with van der Waals surface area (Å²) in [6, 6.07) is 8.24. The summed E-state index contributed by atoms with van der Waals surface area (Å²) in [4.78, 5) is 11.3. The van der Waals surface area contributed by atoms with Crippen LogP contribution in [0.1, 0.15) is 36.6 Å². The standard InChI is InChI=1S/C19H27N3O2.C2HF3O2/c1-4-22-12-17-16(14-24-5-2)11-21(13-18(17)20-22)10-15-8-6-7-9-19(15)23-3;3-2(4,5)1(6)7/h6-9,12,16H,4-5,10-11,13-14H2,1-3H3;(H,6,7). The summed E-state index contributed by atoms with van der Waals surface area (Å²) < 4.78 is 45.0. The van der Waals surface area contributed by atoms with Crippen molar-refractivity contribution < 1.29 is 32.5 Å². The molecule has 172 valence electrons. The molecule has 2 aromatic rings. The van der Waals surface area contributed by atoms with Crippen molar-refractivity contribution in [3.05, 3.63) is 47.3 Å². The van der Waals surface area contributed by atoms with Crippen LogP contribution in [0, 0.1) is 0 Å². The van der Waals surface area contributed by atoms with Gasteiger partial charge in [0, 0.05) is 56.0 Å². The molecule has 0 saturated carbocycles. The molecule has 3 rings (SSSR count). The Balaban J connectivity index is 0.000000423. The third kappa shape index (κ3) is 6.96. The van der Waals surface area contributed by atoms with Gasteiger partial charge in [-0.15, -0.1) is 0 Å². The molecule has 1 atom stereocenters. The number of alkyl halides is 3. The highest BCUT2D eigenvalue weighted by atomic mass is 19.4. The number of carbonyl (C=O) groups is 1. The predicted octanol–water partition coefficient (Wildman–Crippen LogP) is 3.68. The molecule has 1 N–H and O–H groups in total. The van der Waals surface area contributed by atoms with Crippen molar-refractivity contribution in [1.29, 1.82) is 0 Å². The number of aryl methyl sites for hydroxylation is 1. The minimum atomic E-state index is -5.08. The van der Waals surface area contributed by atoms with Gasteiger partial charge in [-0.1, -0.05) is 18.2 Å². The zero-order valence-corrected chi connectivity index (χ0v) is 17.9. The van der Waals surface area contributed by atoms with Crippen LogP contribution in [0.4, 0.5) is 13.2 Å². The van der Waals surface area contributed by atoms with Crippen LogP contribution >= 0.6 is 0 Å². The van der Waals surface area contributed by atoms with Gasteiger partial charge in [0.05, 0.1) is 19.4 Å². The third-order valence-corrected chi connectivity index (χ3v) is 4.84. The van der Waals surface area contributed by atoms with Crippen molar-refractivity contribution in [3.8, 4) is 5.75 Å². The Morgan fingerprint density at radius 1 is 1.29 bits per heavy atom. The maximum Gasteiger partial charge on any atom is 0.490 e. The number of aliphatic carboxylic acids is 1. The molecule has 0 radical (unpaired) electrons. The monoisotopic (exact) mass is 443 g/mol. The molecule has 0 amide bonds. The first-order valence-corrected chi connectivity index (χ1v) is 9.97. The van der Waals surface area contributed by atoms with Crippen LogP contribution in [0.15, 0.2) is 30.5 Å². The van der Waals surface area contributed by atoms with Crippen LogP contribution in [0.5, 0.6) is 5.75 Å². The lowest BCUT2D eigenvalue weighted by atomic mass is 9.95. The molecule has 0 aliphatic carbocycles. The summed E-state index contributed by atoms with van der Waals surface area (Å²) in [6.07, 6.45) is -2.89. The van der Waals surface area contributed by atoms with Gasteiger partial charge < -0.3 is 14.6 Å². The number of aromatic nitrogens is 2. The first kappa shape index (κ1) is 24.7. The number of methoxy groups -OCH3 is 1. The van der Waals surface area contributed by atoms with Gasteiger partial charge in [0.15, 0.2) is 0 Å². The van der Waals surface area contributed by atoms with Gasteiger partial charge in [0.1, 0.15) is 5.75 Å². The number of carboxylic acid groups (broad SMARTS) is 1. The third-order valence-electron chi connectivity index (χ3n) is 4.84. The van der Waals surface area contributed by atoms with Crippen LogP contribution in [0.3, 0.4) is 0 Å². The average Bonchev–Trinajstić information content (AvgIpc) is 3.15. The van der Waals surface area contributed by atoms with Crippen LogP contribution in [0.2, 0.25) is 0 Å². The van der Waals surface area contributed by atoms with Gasteiger partial charge in [-0.2, -0.15) is 18.3 Å². The Hall–Kier alpha value is -2.59. The van der Waals surface area contributed by atoms with Gasteiger partial charge in [-0.3, -0.25) is 9.58 Å². The van der Waals surface area contributed by atoms with E-state index >= 15 is 0 Å². The second-order valence-electron chi connectivity index (χ2n) is 7.03. The minimum Gasteiger partial charge on any atom is -0.496 e. The number of fused-ring (bicyclic) bond motifs is 1. The predicted molar refractivity (Wildman–Crippen MR) is 108 cm³/mol. The van der Waals surface area contributed by atoms with E-state index in [0.717, 1.165) is 45.1 Å². The highest BCUT2D eigenvalue weighted by molar-refractivity contribution is 5.73. The highest BCUT2D eigenvalue weighted by Gasteiger charge is 2.38. The number of hydrogen-bond donors (Lipinski definition) is 1. The number of halogens is 3. The van der Waals surface area contributed by atoms with E-state index in [-0.39, 0.29) is 0 Å². The molecule has 0 spiro atoms. The topological polar surface area (TPSA) is 76.8 Å². The molecule has 10 heteroatoms. The minimum absolute atomic E-state index is 0.378. The quantitative estimate of drug-likeness (QED) is 0.704. The molecule has 7 nitrogen and oxygen atoms in total. The summed E-state index contributed by atoms with van der Waals surface area (Å²) in [6.45, 7) is 9.31. The molecule has 0 saturated heterocycles. The Morgan fingerprint density at radius 3 is 2.55 bits per heavy atom. The fraction of sp³-hybridized carbons (Fsp3) is 0.524. The molecule has 1 unspecified atom stereocenters. The van der Waals surface area contributed by atoms with Crippen LogP contribution < -0.4 is 4.74 Å². The first-order valence-electron chi connectivity index (χ1n) is 9.97. The summed E-state index contributed by atoms with van der Waals surface area (Å²) in [7, 11) is 1.73. The number of nitrogens with zero attached hydrogens (tertiary/aromatic N) is 3. The molecule has 1 aliphatic rings. The van der Waals surface area contributed by atoms with Crippen LogP contribution in [-0.2, 0) is 29.2 Å². The molecule has 1 aromatic carbocycles. The smallest absolute Gasteiger partial charge is 0.490 e. The van der Waals surface area contributed by atoms with E-state index in [1.54, 1.807) is 7.11 Å². The zero-order chi connectivity index (χ0) is 23.0. The average molecular weight is 443 g/mol. The number of para-hydroxylation sites is 1. The Morgan fingerprint density at radius 2 is 1.97 bits per heavy atom. The molecular weight excluding hydrogens is 415 g/mol. The van der Waals surface area contributed by atoms with Crippen molar-refractivity contribution >= 4 is 5.97 Å². The summed E-state index contributed by atoms with van der Waals surface area (Å²) >= 11 is 0. The lowest BCUT2D eigenvalue weighted by Gasteiger charge is -2.32. The maximum atomic E-state index is 10.6. The lowest BCUT2D eigenvalue weighted by Crippen LogP contribution is -2.34. The second kappa shape index (κ2) is 11.1. The van der Waals surface area contributed by atoms with Crippen LogP contribution in [-0.4, -0.2) is 58.8 Å². The highest BCUT2D eigenvalue weighted by Crippen LogP contribution is 2.30. The molecular formula is C21H28F3N3O4. The fourth-order valence-corrected chi connectivity index (χ4v) is 3.39. The normalized spacial score (nSPS) is 16.3. The maximum absolute atomic E-state index is 10.6. The molecule has 31 heavy (non-hydrogen) atoms. The van der Waals surface area contributed by atoms with Crippen molar-refractivity contribution in [1.82, 2.24) is 14.7 Å². The number of ether oxygens (including phenoxy) is 2. The summed E-state index contributed by atoms with van der Waals surface area (Å²) in [5.74, 6) is -1.43. The molecule has 1 aliphatic heterocycles. The number of benzene rings is 1. The van der Waals surface area contributed by atoms with Gasteiger partial charge in [-0.05, 0) is 19.9 Å². The zero-order valence-electron chi connectivity index (χ0n) is 17.9. The largest absolute Gasteiger partial charge is 0.496 e. The van der Waals surface area contributed by atoms with Crippen molar-refractivity contribution in [2.75, 3.05) is 26.9 Å². The van der Waals surface area contributed by atoms with Crippen molar-refractivity contribution in [3.63, 3.8) is 0 Å². The van der Waals surface area contributed by atoms with Gasteiger partial charge in [-0.25, -0.2) is 4.79 Å². The molecule has 0 fully saturated rings. The number of carboxylic acids is 1.